The van der Waals surface area contributed by atoms with Gasteiger partial charge in [-0.25, -0.2) is 9.78 Å². The molecule has 0 atom stereocenters. The van der Waals surface area contributed by atoms with Crippen molar-refractivity contribution in [2.24, 2.45) is 4.99 Å². The van der Waals surface area contributed by atoms with Crippen molar-refractivity contribution < 1.29 is 9.21 Å². The Labute approximate surface area is 44.9 Å². The van der Waals surface area contributed by atoms with Gasteiger partial charge in [-0.15, -0.1) is 4.99 Å². The third-order valence-corrected chi connectivity index (χ3v) is 0.575. The summed E-state index contributed by atoms with van der Waals surface area (Å²) < 4.78 is 4.53. The zero-order valence-electron chi connectivity index (χ0n) is 3.87. The third-order valence-electron chi connectivity index (χ3n) is 0.575. The van der Waals surface area contributed by atoms with Crippen LogP contribution in [0.4, 0.5) is 5.88 Å². The Balaban J connectivity index is 2.93. The Morgan fingerprint density at radius 2 is 2.75 bits per heavy atom. The summed E-state index contributed by atoms with van der Waals surface area (Å²) in [5, 5.41) is 0. The van der Waals surface area contributed by atoms with Crippen molar-refractivity contribution in [1.82, 2.24) is 4.98 Å². The van der Waals surface area contributed by atoms with E-state index in [9.17, 15) is 4.79 Å². The molecule has 0 aliphatic carbocycles. The maximum absolute atomic E-state index is 9.49. The lowest BCUT2D eigenvalue weighted by molar-refractivity contribution is 0.551. The van der Waals surface area contributed by atoms with Gasteiger partial charge in [-0.2, -0.15) is 0 Å². The molecule has 0 N–H and O–H groups in total. The van der Waals surface area contributed by atoms with Gasteiger partial charge in [0.2, 0.25) is 12.0 Å². The average Bonchev–Trinajstić information content (AvgIpc) is 2.19. The maximum atomic E-state index is 9.49. The second-order valence-electron chi connectivity index (χ2n) is 1.04. The SMILES string of the molecule is O=C=Nc1cnco1. The van der Waals surface area contributed by atoms with Crippen LogP contribution in [0, 0.1) is 0 Å². The molecule has 0 bridgehead atoms. The molecular weight excluding hydrogens is 108 g/mol. The molecule has 0 aromatic carbocycles. The molecule has 1 aromatic heterocycles. The Morgan fingerprint density at radius 1 is 1.88 bits per heavy atom. The minimum Gasteiger partial charge on any atom is -0.425 e. The highest BCUT2D eigenvalue weighted by atomic mass is 16.3. The Hall–Kier alpha value is -1.41. The zero-order valence-corrected chi connectivity index (χ0v) is 3.87. The lowest BCUT2D eigenvalue weighted by Gasteiger charge is -1.68. The topological polar surface area (TPSA) is 55.5 Å². The maximum Gasteiger partial charge on any atom is 0.250 e. The van der Waals surface area contributed by atoms with Gasteiger partial charge in [-0.1, -0.05) is 0 Å². The van der Waals surface area contributed by atoms with Crippen LogP contribution < -0.4 is 0 Å². The first kappa shape index (κ1) is 4.74. The lowest BCUT2D eigenvalue weighted by Crippen LogP contribution is -1.49. The van der Waals surface area contributed by atoms with E-state index in [1.807, 2.05) is 0 Å². The van der Waals surface area contributed by atoms with Crippen LogP contribution in [-0.4, -0.2) is 11.1 Å². The molecule has 0 spiro atoms. The van der Waals surface area contributed by atoms with Crippen LogP contribution in [0.3, 0.4) is 0 Å². The molecule has 0 fully saturated rings. The highest BCUT2D eigenvalue weighted by Crippen LogP contribution is 2.05. The molecule has 0 unspecified atom stereocenters. The summed E-state index contributed by atoms with van der Waals surface area (Å²) in [7, 11) is 0. The number of carbonyl (C=O) groups excluding carboxylic acids is 1. The molecule has 4 heteroatoms. The number of aliphatic imine (C=N–C) groups is 1. The second kappa shape index (κ2) is 2.04. The summed E-state index contributed by atoms with van der Waals surface area (Å²) in [6.45, 7) is 0. The van der Waals surface area contributed by atoms with E-state index in [0.29, 0.717) is 0 Å². The molecule has 0 aliphatic rings. The van der Waals surface area contributed by atoms with Crippen LogP contribution in [0.15, 0.2) is 22.0 Å². The Kier molecular flexibility index (Phi) is 1.21. The fourth-order valence-corrected chi connectivity index (χ4v) is 0.309. The van der Waals surface area contributed by atoms with E-state index in [0.717, 1.165) is 0 Å². The standard InChI is InChI=1S/C4H2N2O2/c7-2-6-4-1-5-3-8-4/h1,3H. The number of oxazole rings is 1. The molecule has 0 saturated heterocycles. The smallest absolute Gasteiger partial charge is 0.250 e. The molecule has 0 amide bonds. The van der Waals surface area contributed by atoms with E-state index in [1.54, 1.807) is 0 Å². The zero-order chi connectivity index (χ0) is 5.82. The molecule has 0 radical (unpaired) electrons. The highest BCUT2D eigenvalue weighted by Gasteiger charge is 1.86. The van der Waals surface area contributed by atoms with Gasteiger partial charge in [-0.3, -0.25) is 0 Å². The largest absolute Gasteiger partial charge is 0.425 e. The minimum absolute atomic E-state index is 0.181. The summed E-state index contributed by atoms with van der Waals surface area (Å²) >= 11 is 0. The van der Waals surface area contributed by atoms with Crippen LogP contribution in [-0.2, 0) is 4.79 Å². The normalized spacial score (nSPS) is 8.00. The van der Waals surface area contributed by atoms with E-state index < -0.39 is 0 Å². The van der Waals surface area contributed by atoms with Gasteiger partial charge in [0.25, 0.3) is 0 Å². The van der Waals surface area contributed by atoms with Gasteiger partial charge in [-0.05, 0) is 0 Å². The first-order chi connectivity index (χ1) is 3.93. The van der Waals surface area contributed by atoms with Crippen molar-refractivity contribution in [2.45, 2.75) is 0 Å². The number of nitrogens with zero attached hydrogens (tertiary/aromatic N) is 2. The fraction of sp³-hybridized carbons (Fsp3) is 0. The monoisotopic (exact) mass is 110 g/mol. The fourth-order valence-electron chi connectivity index (χ4n) is 0.309. The van der Waals surface area contributed by atoms with Crippen molar-refractivity contribution in [3.05, 3.63) is 12.6 Å². The summed E-state index contributed by atoms with van der Waals surface area (Å²) in [6, 6.07) is 0. The van der Waals surface area contributed by atoms with E-state index in [1.165, 1.54) is 18.7 Å². The predicted octanol–water partition coefficient (Wildman–Crippen LogP) is 0.642. The third kappa shape index (κ3) is 0.802. The molecule has 0 saturated carbocycles. The van der Waals surface area contributed by atoms with Crippen molar-refractivity contribution in [2.75, 3.05) is 0 Å². The van der Waals surface area contributed by atoms with Crippen molar-refractivity contribution in [1.29, 1.82) is 0 Å². The van der Waals surface area contributed by atoms with Gasteiger partial charge < -0.3 is 4.42 Å². The molecule has 1 heterocycles. The summed E-state index contributed by atoms with van der Waals surface area (Å²) in [6.07, 6.45) is 3.83. The molecule has 40 valence electrons. The van der Waals surface area contributed by atoms with E-state index >= 15 is 0 Å². The van der Waals surface area contributed by atoms with Crippen LogP contribution in [0.25, 0.3) is 0 Å². The molecular formula is C4H2N2O2. The Bertz CT molecular complexity index is 198. The predicted molar refractivity (Wildman–Crippen MR) is 24.3 cm³/mol. The van der Waals surface area contributed by atoms with Crippen molar-refractivity contribution in [3.8, 4) is 0 Å². The highest BCUT2D eigenvalue weighted by molar-refractivity contribution is 5.41. The van der Waals surface area contributed by atoms with Gasteiger partial charge in [0.15, 0.2) is 6.39 Å². The first-order valence-corrected chi connectivity index (χ1v) is 1.90. The van der Waals surface area contributed by atoms with Crippen molar-refractivity contribution in [3.63, 3.8) is 0 Å². The van der Waals surface area contributed by atoms with Crippen LogP contribution in [0.5, 0.6) is 0 Å². The molecule has 0 aliphatic heterocycles. The number of isocyanates is 1. The summed E-state index contributed by atoms with van der Waals surface area (Å²) in [5.41, 5.74) is 0. The van der Waals surface area contributed by atoms with Gasteiger partial charge in [0, 0.05) is 0 Å². The Morgan fingerprint density at radius 3 is 3.25 bits per heavy atom. The second-order valence-corrected chi connectivity index (χ2v) is 1.04. The molecule has 8 heavy (non-hydrogen) atoms. The number of aromatic nitrogens is 1. The molecule has 4 nitrogen and oxygen atoms in total. The minimum atomic E-state index is 0.181. The quantitative estimate of drug-likeness (QED) is 0.393. The van der Waals surface area contributed by atoms with Crippen molar-refractivity contribution >= 4 is 12.0 Å². The number of rotatable bonds is 1. The van der Waals surface area contributed by atoms with Crippen LogP contribution >= 0.6 is 0 Å². The lowest BCUT2D eigenvalue weighted by atomic mass is 10.8. The van der Waals surface area contributed by atoms with E-state index in [-0.39, 0.29) is 5.88 Å². The molecule has 1 rings (SSSR count). The summed E-state index contributed by atoms with van der Waals surface area (Å²) in [4.78, 5) is 16.1. The number of hydrogen-bond acceptors (Lipinski definition) is 4. The van der Waals surface area contributed by atoms with Gasteiger partial charge in [0.05, 0.1) is 6.20 Å². The number of hydrogen-bond donors (Lipinski definition) is 0. The average molecular weight is 110 g/mol. The van der Waals surface area contributed by atoms with Gasteiger partial charge >= 0.3 is 0 Å². The van der Waals surface area contributed by atoms with E-state index in [4.69, 9.17) is 0 Å². The van der Waals surface area contributed by atoms with Gasteiger partial charge in [0.1, 0.15) is 0 Å². The first-order valence-electron chi connectivity index (χ1n) is 1.90. The van der Waals surface area contributed by atoms with Crippen LogP contribution in [0.2, 0.25) is 0 Å². The summed E-state index contributed by atoms with van der Waals surface area (Å²) in [5.74, 6) is 0.181. The van der Waals surface area contributed by atoms with E-state index in [2.05, 4.69) is 14.4 Å². The molecule has 1 aromatic rings. The van der Waals surface area contributed by atoms with Crippen LogP contribution in [0.1, 0.15) is 0 Å².